The van der Waals surface area contributed by atoms with Gasteiger partial charge in [0.2, 0.25) is 0 Å². The molecular formula is C12H12BrF3O3. The zero-order valence-corrected chi connectivity index (χ0v) is 11.9. The maximum Gasteiger partial charge on any atom is 0.389 e. The van der Waals surface area contributed by atoms with Crippen LogP contribution in [0.25, 0.3) is 0 Å². The number of alkyl halides is 3. The van der Waals surface area contributed by atoms with Gasteiger partial charge in [0.05, 0.1) is 30.7 Å². The van der Waals surface area contributed by atoms with E-state index in [9.17, 15) is 18.0 Å². The highest BCUT2D eigenvalue weighted by atomic mass is 79.9. The number of hydrogen-bond acceptors (Lipinski definition) is 3. The maximum atomic E-state index is 12.1. The summed E-state index contributed by atoms with van der Waals surface area (Å²) in [5, 5.41) is 0. The van der Waals surface area contributed by atoms with Gasteiger partial charge in [-0.3, -0.25) is 4.79 Å². The lowest BCUT2D eigenvalue weighted by molar-refractivity contribution is -0.133. The van der Waals surface area contributed by atoms with Gasteiger partial charge in [-0.25, -0.2) is 0 Å². The molecule has 0 atom stereocenters. The monoisotopic (exact) mass is 340 g/mol. The Bertz CT molecular complexity index is 472. The summed E-state index contributed by atoms with van der Waals surface area (Å²) >= 11 is 3.21. The molecule has 7 heteroatoms. The number of rotatable bonds is 5. The fourth-order valence-corrected chi connectivity index (χ4v) is 1.95. The predicted molar refractivity (Wildman–Crippen MR) is 66.9 cm³/mol. The Morgan fingerprint density at radius 3 is 2.26 bits per heavy atom. The molecule has 0 unspecified atom stereocenters. The van der Waals surface area contributed by atoms with E-state index < -0.39 is 24.8 Å². The van der Waals surface area contributed by atoms with Crippen LogP contribution in [0.1, 0.15) is 23.2 Å². The molecular weight excluding hydrogens is 329 g/mol. The lowest BCUT2D eigenvalue weighted by Gasteiger charge is -2.12. The topological polar surface area (TPSA) is 35.5 Å². The molecule has 0 aliphatic rings. The number of carbonyl (C=O) groups excluding carboxylic acids is 1. The molecule has 1 rings (SSSR count). The minimum atomic E-state index is -4.36. The minimum absolute atomic E-state index is 0.0757. The number of methoxy groups -OCH3 is 2. The maximum absolute atomic E-state index is 12.1. The van der Waals surface area contributed by atoms with Crippen LogP contribution in [0.15, 0.2) is 16.6 Å². The van der Waals surface area contributed by atoms with Crippen LogP contribution in [0.3, 0.4) is 0 Å². The molecule has 0 fully saturated rings. The summed E-state index contributed by atoms with van der Waals surface area (Å²) in [4.78, 5) is 11.8. The number of Topliss-reactive ketones (excluding diaryl/α,β-unsaturated/α-hetero) is 1. The molecule has 0 N–H and O–H groups in total. The minimum Gasteiger partial charge on any atom is -0.496 e. The van der Waals surface area contributed by atoms with E-state index in [4.69, 9.17) is 9.47 Å². The second kappa shape index (κ2) is 6.27. The summed E-state index contributed by atoms with van der Waals surface area (Å²) in [7, 11) is 2.74. The summed E-state index contributed by atoms with van der Waals surface area (Å²) in [6.07, 6.45) is -6.14. The van der Waals surface area contributed by atoms with Crippen molar-refractivity contribution in [3.8, 4) is 11.5 Å². The fraction of sp³-hybridized carbons (Fsp3) is 0.417. The lowest BCUT2D eigenvalue weighted by Crippen LogP contribution is -2.11. The third-order valence-corrected chi connectivity index (χ3v) is 3.03. The number of carbonyl (C=O) groups is 1. The van der Waals surface area contributed by atoms with Crippen molar-refractivity contribution in [2.45, 2.75) is 19.0 Å². The first kappa shape index (κ1) is 15.8. The highest BCUT2D eigenvalue weighted by Gasteiger charge is 2.29. The molecule has 0 saturated carbocycles. The van der Waals surface area contributed by atoms with Crippen molar-refractivity contribution in [3.05, 3.63) is 22.2 Å². The average Bonchev–Trinajstić information content (AvgIpc) is 2.34. The summed E-state index contributed by atoms with van der Waals surface area (Å²) in [6, 6.07) is 2.85. The second-order valence-electron chi connectivity index (χ2n) is 3.73. The van der Waals surface area contributed by atoms with Gasteiger partial charge in [-0.05, 0) is 28.1 Å². The van der Waals surface area contributed by atoms with Crippen molar-refractivity contribution in [2.24, 2.45) is 0 Å². The predicted octanol–water partition coefficient (Wildman–Crippen LogP) is 3.99. The molecule has 0 aliphatic carbocycles. The zero-order chi connectivity index (χ0) is 14.6. The van der Waals surface area contributed by atoms with E-state index in [1.165, 1.54) is 26.4 Å². The third-order valence-electron chi connectivity index (χ3n) is 2.41. The molecule has 0 spiro atoms. The van der Waals surface area contributed by atoms with Gasteiger partial charge in [0, 0.05) is 6.42 Å². The zero-order valence-electron chi connectivity index (χ0n) is 10.3. The smallest absolute Gasteiger partial charge is 0.389 e. The molecule has 1 aromatic rings. The van der Waals surface area contributed by atoms with Gasteiger partial charge in [0.15, 0.2) is 5.78 Å². The van der Waals surface area contributed by atoms with E-state index in [0.29, 0.717) is 10.2 Å². The normalized spacial score (nSPS) is 11.3. The first-order valence-electron chi connectivity index (χ1n) is 5.30. The van der Waals surface area contributed by atoms with Crippen molar-refractivity contribution >= 4 is 21.7 Å². The van der Waals surface area contributed by atoms with Gasteiger partial charge in [-0.15, -0.1) is 0 Å². The number of halogens is 4. The Hall–Kier alpha value is -1.24. The van der Waals surface area contributed by atoms with Crippen LogP contribution in [-0.4, -0.2) is 26.2 Å². The van der Waals surface area contributed by atoms with Crippen LogP contribution < -0.4 is 9.47 Å². The van der Waals surface area contributed by atoms with Crippen LogP contribution in [0.2, 0.25) is 0 Å². The highest BCUT2D eigenvalue weighted by molar-refractivity contribution is 9.10. The van der Waals surface area contributed by atoms with Crippen LogP contribution in [0.5, 0.6) is 11.5 Å². The molecule has 0 heterocycles. The van der Waals surface area contributed by atoms with Crippen molar-refractivity contribution in [1.82, 2.24) is 0 Å². The van der Waals surface area contributed by atoms with Gasteiger partial charge in [0.25, 0.3) is 0 Å². The number of hydrogen-bond donors (Lipinski definition) is 0. The molecule has 106 valence electrons. The fourth-order valence-electron chi connectivity index (χ4n) is 1.47. The molecule has 3 nitrogen and oxygen atoms in total. The Morgan fingerprint density at radius 2 is 1.79 bits per heavy atom. The summed E-state index contributed by atoms with van der Waals surface area (Å²) in [6.45, 7) is 0. The highest BCUT2D eigenvalue weighted by Crippen LogP contribution is 2.34. The Kier molecular flexibility index (Phi) is 5.22. The number of benzene rings is 1. The molecule has 0 aliphatic heterocycles. The number of ether oxygens (including phenoxy) is 2. The van der Waals surface area contributed by atoms with Gasteiger partial charge in [0.1, 0.15) is 11.5 Å². The van der Waals surface area contributed by atoms with E-state index >= 15 is 0 Å². The van der Waals surface area contributed by atoms with E-state index in [0.717, 1.165) is 0 Å². The third kappa shape index (κ3) is 4.41. The van der Waals surface area contributed by atoms with Crippen molar-refractivity contribution < 1.29 is 27.4 Å². The SMILES string of the molecule is COc1cc(C(=O)CCC(F)(F)F)c(OC)cc1Br. The first-order chi connectivity index (χ1) is 8.78. The summed E-state index contributed by atoms with van der Waals surface area (Å²) in [5.41, 5.74) is 0.0757. The van der Waals surface area contributed by atoms with Gasteiger partial charge >= 0.3 is 6.18 Å². The molecule has 1 aromatic carbocycles. The molecule has 0 bridgehead atoms. The van der Waals surface area contributed by atoms with Crippen molar-refractivity contribution in [2.75, 3.05) is 14.2 Å². The summed E-state index contributed by atoms with van der Waals surface area (Å²) < 4.78 is 46.9. The molecule has 0 saturated heterocycles. The van der Waals surface area contributed by atoms with E-state index in [1.54, 1.807) is 0 Å². The molecule has 0 aromatic heterocycles. The molecule has 19 heavy (non-hydrogen) atoms. The largest absolute Gasteiger partial charge is 0.496 e. The quantitative estimate of drug-likeness (QED) is 0.760. The van der Waals surface area contributed by atoms with Gasteiger partial charge < -0.3 is 9.47 Å². The summed E-state index contributed by atoms with van der Waals surface area (Å²) in [5.74, 6) is -0.0732. The van der Waals surface area contributed by atoms with E-state index in [-0.39, 0.29) is 11.3 Å². The Balaban J connectivity index is 3.01. The van der Waals surface area contributed by atoms with E-state index in [1.807, 2.05) is 0 Å². The van der Waals surface area contributed by atoms with Crippen LogP contribution >= 0.6 is 15.9 Å². The van der Waals surface area contributed by atoms with Gasteiger partial charge in [-0.2, -0.15) is 13.2 Å². The molecule has 0 amide bonds. The Labute approximate surface area is 116 Å². The average molecular weight is 341 g/mol. The van der Waals surface area contributed by atoms with E-state index in [2.05, 4.69) is 15.9 Å². The van der Waals surface area contributed by atoms with Crippen LogP contribution in [0, 0.1) is 0 Å². The lowest BCUT2D eigenvalue weighted by atomic mass is 10.0. The number of ketones is 1. The van der Waals surface area contributed by atoms with Gasteiger partial charge in [-0.1, -0.05) is 0 Å². The molecule has 0 radical (unpaired) electrons. The Morgan fingerprint density at radius 1 is 1.21 bits per heavy atom. The van der Waals surface area contributed by atoms with Crippen LogP contribution in [-0.2, 0) is 0 Å². The first-order valence-corrected chi connectivity index (χ1v) is 6.09. The van der Waals surface area contributed by atoms with Crippen molar-refractivity contribution in [3.63, 3.8) is 0 Å². The standard InChI is InChI=1S/C12H12BrF3O3/c1-18-10-6-8(13)11(19-2)5-7(10)9(17)3-4-12(14,15)16/h5-6H,3-4H2,1-2H3. The van der Waals surface area contributed by atoms with Crippen LogP contribution in [0.4, 0.5) is 13.2 Å². The van der Waals surface area contributed by atoms with Crippen molar-refractivity contribution in [1.29, 1.82) is 0 Å². The second-order valence-corrected chi connectivity index (χ2v) is 4.58.